The first-order chi connectivity index (χ1) is 11.9. The third-order valence-electron chi connectivity index (χ3n) is 4.53. The second-order valence-corrected chi connectivity index (χ2v) is 8.66. The molecule has 1 fully saturated rings. The second-order valence-electron chi connectivity index (χ2n) is 6.51. The van der Waals surface area contributed by atoms with Gasteiger partial charge in [-0.15, -0.1) is 0 Å². The van der Waals surface area contributed by atoms with Gasteiger partial charge in [0.25, 0.3) is 10.2 Å². The van der Waals surface area contributed by atoms with Gasteiger partial charge in [0.15, 0.2) is 0 Å². The lowest BCUT2D eigenvalue weighted by Crippen LogP contribution is -2.44. The molecular weight excluding hydrogens is 338 g/mol. The maximum atomic E-state index is 12.2. The molecule has 2 aromatic heterocycles. The Morgan fingerprint density at radius 1 is 1.08 bits per heavy atom. The normalized spacial score (nSPS) is 17.1. The SMILES string of the molecule is Cc1cc(-c2cncnc2)cc(C2CCN(S(=O)(=O)N(C)C)CC2)n1. The van der Waals surface area contributed by atoms with Gasteiger partial charge in [-0.1, -0.05) is 0 Å². The van der Waals surface area contributed by atoms with Crippen molar-refractivity contribution < 1.29 is 8.42 Å². The van der Waals surface area contributed by atoms with E-state index in [2.05, 4.69) is 21.0 Å². The van der Waals surface area contributed by atoms with E-state index in [9.17, 15) is 8.42 Å². The Morgan fingerprint density at radius 2 is 1.72 bits per heavy atom. The highest BCUT2D eigenvalue weighted by molar-refractivity contribution is 7.86. The van der Waals surface area contributed by atoms with Crippen molar-refractivity contribution in [3.8, 4) is 11.1 Å². The van der Waals surface area contributed by atoms with E-state index >= 15 is 0 Å². The van der Waals surface area contributed by atoms with Gasteiger partial charge in [0.2, 0.25) is 0 Å². The van der Waals surface area contributed by atoms with Crippen LogP contribution in [0.15, 0.2) is 30.9 Å². The van der Waals surface area contributed by atoms with Crippen LogP contribution in [0.2, 0.25) is 0 Å². The number of aryl methyl sites for hydroxylation is 1. The highest BCUT2D eigenvalue weighted by atomic mass is 32.2. The number of hydrogen-bond donors (Lipinski definition) is 0. The molecule has 0 spiro atoms. The van der Waals surface area contributed by atoms with E-state index in [0.717, 1.165) is 35.4 Å². The highest BCUT2D eigenvalue weighted by Crippen LogP contribution is 2.31. The van der Waals surface area contributed by atoms with Gasteiger partial charge in [0.05, 0.1) is 0 Å². The number of nitrogens with zero attached hydrogens (tertiary/aromatic N) is 5. The molecule has 3 rings (SSSR count). The molecule has 1 saturated heterocycles. The van der Waals surface area contributed by atoms with Crippen LogP contribution in [0.3, 0.4) is 0 Å². The van der Waals surface area contributed by atoms with Crippen molar-refractivity contribution in [2.75, 3.05) is 27.2 Å². The maximum absolute atomic E-state index is 12.2. The molecule has 0 amide bonds. The number of pyridine rings is 1. The summed E-state index contributed by atoms with van der Waals surface area (Å²) >= 11 is 0. The van der Waals surface area contributed by atoms with Crippen molar-refractivity contribution in [2.24, 2.45) is 0 Å². The molecule has 0 aromatic carbocycles. The second kappa shape index (κ2) is 7.15. The predicted molar refractivity (Wildman–Crippen MR) is 96.2 cm³/mol. The molecule has 1 aliphatic rings. The topological polar surface area (TPSA) is 79.3 Å². The molecule has 134 valence electrons. The minimum absolute atomic E-state index is 0.261. The molecule has 0 bridgehead atoms. The summed E-state index contributed by atoms with van der Waals surface area (Å²) in [4.78, 5) is 12.8. The molecule has 3 heterocycles. The minimum atomic E-state index is -3.34. The third kappa shape index (κ3) is 3.86. The Kier molecular flexibility index (Phi) is 5.12. The molecule has 0 atom stereocenters. The first-order valence-corrected chi connectivity index (χ1v) is 9.69. The molecule has 0 radical (unpaired) electrons. The van der Waals surface area contributed by atoms with E-state index in [1.807, 2.05) is 13.0 Å². The quantitative estimate of drug-likeness (QED) is 0.830. The number of hydrogen-bond acceptors (Lipinski definition) is 5. The van der Waals surface area contributed by atoms with Crippen LogP contribution in [-0.4, -0.2) is 59.2 Å². The monoisotopic (exact) mass is 361 g/mol. The van der Waals surface area contributed by atoms with Gasteiger partial charge in [-0.2, -0.15) is 17.0 Å². The van der Waals surface area contributed by atoms with Gasteiger partial charge in [0.1, 0.15) is 6.33 Å². The summed E-state index contributed by atoms with van der Waals surface area (Å²) < 4.78 is 27.3. The van der Waals surface area contributed by atoms with Crippen molar-refractivity contribution >= 4 is 10.2 Å². The summed E-state index contributed by atoms with van der Waals surface area (Å²) in [5.41, 5.74) is 3.97. The van der Waals surface area contributed by atoms with E-state index in [1.165, 1.54) is 10.6 Å². The Bertz CT molecular complexity index is 831. The molecule has 0 aliphatic carbocycles. The average Bonchev–Trinajstić information content (AvgIpc) is 2.62. The molecule has 1 aliphatic heterocycles. The van der Waals surface area contributed by atoms with Crippen LogP contribution in [0.4, 0.5) is 0 Å². The molecular formula is C17H23N5O2S. The summed E-state index contributed by atoms with van der Waals surface area (Å²) in [5.74, 6) is 0.261. The molecule has 7 nitrogen and oxygen atoms in total. The van der Waals surface area contributed by atoms with Gasteiger partial charge < -0.3 is 0 Å². The predicted octanol–water partition coefficient (Wildman–Crippen LogP) is 1.83. The Balaban J connectivity index is 1.79. The first-order valence-electron chi connectivity index (χ1n) is 8.29. The molecule has 0 unspecified atom stereocenters. The molecule has 0 saturated carbocycles. The molecule has 2 aromatic rings. The number of aromatic nitrogens is 3. The van der Waals surface area contributed by atoms with Crippen molar-refractivity contribution in [3.05, 3.63) is 42.2 Å². The standard InChI is InChI=1S/C17H23N5O2S/c1-13-8-15(16-10-18-12-19-11-16)9-17(20-13)14-4-6-22(7-5-14)25(23,24)21(2)3/h8-12,14H,4-7H2,1-3H3. The zero-order valence-electron chi connectivity index (χ0n) is 14.8. The van der Waals surface area contributed by atoms with Crippen molar-refractivity contribution in [1.82, 2.24) is 23.6 Å². The summed E-state index contributed by atoms with van der Waals surface area (Å²) in [5, 5.41) is 0. The van der Waals surface area contributed by atoms with Crippen LogP contribution < -0.4 is 0 Å². The summed E-state index contributed by atoms with van der Waals surface area (Å²) in [6.07, 6.45) is 6.64. The fourth-order valence-corrected chi connectivity index (χ4v) is 4.27. The van der Waals surface area contributed by atoms with Gasteiger partial charge in [-0.25, -0.2) is 9.97 Å². The van der Waals surface area contributed by atoms with E-state index in [1.54, 1.807) is 30.8 Å². The Morgan fingerprint density at radius 3 is 2.32 bits per heavy atom. The van der Waals surface area contributed by atoms with Gasteiger partial charge >= 0.3 is 0 Å². The van der Waals surface area contributed by atoms with Crippen LogP contribution >= 0.6 is 0 Å². The Hall–Kier alpha value is -1.90. The lowest BCUT2D eigenvalue weighted by atomic mass is 9.92. The van der Waals surface area contributed by atoms with E-state index < -0.39 is 10.2 Å². The van der Waals surface area contributed by atoms with Crippen molar-refractivity contribution in [3.63, 3.8) is 0 Å². The fourth-order valence-electron chi connectivity index (χ4n) is 3.13. The van der Waals surface area contributed by atoms with Crippen molar-refractivity contribution in [1.29, 1.82) is 0 Å². The largest absolute Gasteiger partial charge is 0.281 e. The van der Waals surface area contributed by atoms with Gasteiger partial charge in [-0.05, 0) is 37.5 Å². The molecule has 0 N–H and O–H groups in total. The number of piperidine rings is 1. The fraction of sp³-hybridized carbons (Fsp3) is 0.471. The summed E-state index contributed by atoms with van der Waals surface area (Å²) in [6.45, 7) is 3.01. The summed E-state index contributed by atoms with van der Waals surface area (Å²) in [7, 11) is -0.201. The molecule has 25 heavy (non-hydrogen) atoms. The van der Waals surface area contributed by atoms with Crippen LogP contribution in [0.1, 0.15) is 30.1 Å². The summed E-state index contributed by atoms with van der Waals surface area (Å²) in [6, 6.07) is 4.10. The van der Waals surface area contributed by atoms with Crippen LogP contribution in [0.25, 0.3) is 11.1 Å². The lowest BCUT2D eigenvalue weighted by molar-refractivity contribution is 0.300. The highest BCUT2D eigenvalue weighted by Gasteiger charge is 2.30. The minimum Gasteiger partial charge on any atom is -0.258 e. The van der Waals surface area contributed by atoms with Gasteiger partial charge in [-0.3, -0.25) is 4.98 Å². The average molecular weight is 361 g/mol. The Labute approximate surface area is 148 Å². The smallest absolute Gasteiger partial charge is 0.258 e. The zero-order valence-corrected chi connectivity index (χ0v) is 15.6. The number of rotatable bonds is 4. The maximum Gasteiger partial charge on any atom is 0.281 e. The van der Waals surface area contributed by atoms with E-state index in [-0.39, 0.29) is 5.92 Å². The van der Waals surface area contributed by atoms with Gasteiger partial charge in [0, 0.05) is 62.4 Å². The first kappa shape index (κ1) is 17.9. The zero-order chi connectivity index (χ0) is 18.0. The molecule has 8 heteroatoms. The van der Waals surface area contributed by atoms with E-state index in [4.69, 9.17) is 0 Å². The van der Waals surface area contributed by atoms with Crippen LogP contribution in [0, 0.1) is 6.92 Å². The van der Waals surface area contributed by atoms with E-state index in [0.29, 0.717) is 13.1 Å². The van der Waals surface area contributed by atoms with Crippen molar-refractivity contribution in [2.45, 2.75) is 25.7 Å². The lowest BCUT2D eigenvalue weighted by Gasteiger charge is -2.32. The third-order valence-corrected chi connectivity index (χ3v) is 6.47. The van der Waals surface area contributed by atoms with Crippen LogP contribution in [0.5, 0.6) is 0 Å². The van der Waals surface area contributed by atoms with Crippen LogP contribution in [-0.2, 0) is 10.2 Å².